The fourth-order valence-corrected chi connectivity index (χ4v) is 4.60. The van der Waals surface area contributed by atoms with Crippen molar-refractivity contribution in [3.63, 3.8) is 0 Å². The zero-order valence-electron chi connectivity index (χ0n) is 23.1. The van der Waals surface area contributed by atoms with Crippen LogP contribution in [0.25, 0.3) is 22.5 Å². The highest BCUT2D eigenvalue weighted by atomic mass is 16.5. The summed E-state index contributed by atoms with van der Waals surface area (Å²) in [6.07, 6.45) is 5.08. The number of nitrogens with zero attached hydrogens (tertiary/aromatic N) is 7. The van der Waals surface area contributed by atoms with Crippen molar-refractivity contribution in [2.24, 2.45) is 5.73 Å². The lowest BCUT2D eigenvalue weighted by atomic mass is 10.0. The third-order valence-electron chi connectivity index (χ3n) is 6.89. The minimum absolute atomic E-state index is 0.161. The van der Waals surface area contributed by atoms with Gasteiger partial charge in [0.2, 0.25) is 0 Å². The van der Waals surface area contributed by atoms with Crippen molar-refractivity contribution in [3.8, 4) is 22.5 Å². The van der Waals surface area contributed by atoms with Crippen molar-refractivity contribution in [2.45, 2.75) is 31.3 Å². The van der Waals surface area contributed by atoms with Crippen LogP contribution in [0.3, 0.4) is 0 Å². The summed E-state index contributed by atoms with van der Waals surface area (Å²) in [7, 11) is 2.54. The van der Waals surface area contributed by atoms with Crippen LogP contribution in [-0.2, 0) is 19.1 Å². The predicted octanol–water partition coefficient (Wildman–Crippen LogP) is -0.201. The Morgan fingerprint density at radius 1 is 0.927 bits per heavy atom. The molecule has 1 amide bonds. The smallest absolute Gasteiger partial charge is 0.333 e. The van der Waals surface area contributed by atoms with Gasteiger partial charge in [-0.3, -0.25) is 4.79 Å². The number of nitrogens with two attached hydrogens (primary N) is 1. The Kier molecular flexibility index (Phi) is 10.1. The Balaban J connectivity index is 1.73. The average Bonchev–Trinajstić information content (AvgIpc) is 3.70. The summed E-state index contributed by atoms with van der Waals surface area (Å²) in [6, 6.07) is 3.44. The SMILES string of the molecule is COC(=O)[C@H](CO)n1cc(-c2cc(C(=O)N3CCNCC3)cc(-c3cn([C@@H](CCCCN)C(=O)OC)nn3)c2)nn1. The number of methoxy groups -OCH3 is 2. The number of nitrogens with one attached hydrogen (secondary N) is 1. The minimum atomic E-state index is -1.07. The number of rotatable bonds is 12. The number of hydrogen-bond donors (Lipinski definition) is 3. The molecule has 4 rings (SSSR count). The van der Waals surface area contributed by atoms with Gasteiger partial charge in [0.05, 0.1) is 33.2 Å². The number of aromatic nitrogens is 6. The van der Waals surface area contributed by atoms with E-state index in [1.54, 1.807) is 29.3 Å². The Morgan fingerprint density at radius 2 is 1.49 bits per heavy atom. The molecule has 15 heteroatoms. The second kappa shape index (κ2) is 13.9. The lowest BCUT2D eigenvalue weighted by Gasteiger charge is -2.27. The summed E-state index contributed by atoms with van der Waals surface area (Å²) in [4.78, 5) is 39.8. The highest BCUT2D eigenvalue weighted by Gasteiger charge is 2.26. The van der Waals surface area contributed by atoms with E-state index >= 15 is 0 Å². The van der Waals surface area contributed by atoms with Crippen LogP contribution in [0.1, 0.15) is 41.7 Å². The molecular formula is C26H35N9O6. The van der Waals surface area contributed by atoms with Crippen LogP contribution in [-0.4, -0.2) is 111 Å². The van der Waals surface area contributed by atoms with Crippen LogP contribution in [0, 0.1) is 0 Å². The van der Waals surface area contributed by atoms with Gasteiger partial charge in [0.25, 0.3) is 5.91 Å². The number of esters is 2. The number of carbonyl (C=O) groups excluding carboxylic acids is 3. The van der Waals surface area contributed by atoms with E-state index < -0.39 is 30.6 Å². The standard InChI is InChI=1S/C26H35N9O6/c1-40-25(38)22(5-3-4-6-27)34-14-20(29-31-34)17-11-18(13-19(12-17)24(37)33-9-7-28-8-10-33)21-15-35(32-30-21)23(16-36)26(39)41-2/h11-15,22-23,28,36H,3-10,16,27H2,1-2H3/t22-,23-/m0/s1. The first kappa shape index (κ1) is 29.8. The number of amides is 1. The maximum atomic E-state index is 13.5. The largest absolute Gasteiger partial charge is 0.467 e. The Morgan fingerprint density at radius 3 is 2.02 bits per heavy atom. The molecule has 0 saturated carbocycles. The van der Waals surface area contributed by atoms with E-state index in [4.69, 9.17) is 15.2 Å². The highest BCUT2D eigenvalue weighted by Crippen LogP contribution is 2.28. The zero-order valence-corrected chi connectivity index (χ0v) is 23.1. The maximum absolute atomic E-state index is 13.5. The number of hydrogen-bond acceptors (Lipinski definition) is 12. The Labute approximate surface area is 236 Å². The highest BCUT2D eigenvalue weighted by molar-refractivity contribution is 5.97. The van der Waals surface area contributed by atoms with Gasteiger partial charge >= 0.3 is 11.9 Å². The van der Waals surface area contributed by atoms with E-state index in [0.717, 1.165) is 6.42 Å². The van der Waals surface area contributed by atoms with Gasteiger partial charge in [-0.1, -0.05) is 10.4 Å². The van der Waals surface area contributed by atoms with Crippen LogP contribution < -0.4 is 11.1 Å². The summed E-state index contributed by atoms with van der Waals surface area (Å²) in [5.41, 5.74) is 7.92. The lowest BCUT2D eigenvalue weighted by molar-refractivity contribution is -0.146. The number of aliphatic hydroxyl groups is 1. The van der Waals surface area contributed by atoms with Gasteiger partial charge in [-0.2, -0.15) is 0 Å². The number of unbranched alkanes of at least 4 members (excludes halogenated alkanes) is 1. The molecule has 2 aromatic heterocycles. The van der Waals surface area contributed by atoms with Gasteiger partial charge in [0, 0.05) is 42.9 Å². The summed E-state index contributed by atoms with van der Waals surface area (Å²) < 4.78 is 12.4. The van der Waals surface area contributed by atoms with E-state index in [1.807, 2.05) is 0 Å². The third kappa shape index (κ3) is 6.93. The zero-order chi connectivity index (χ0) is 29.4. The summed E-state index contributed by atoms with van der Waals surface area (Å²) in [5, 5.41) is 29.6. The Hall–Kier alpha value is -4.21. The second-order valence-electron chi connectivity index (χ2n) is 9.55. The van der Waals surface area contributed by atoms with Gasteiger partial charge in [0.15, 0.2) is 12.1 Å². The number of benzene rings is 1. The Bertz CT molecular complexity index is 1350. The van der Waals surface area contributed by atoms with Crippen LogP contribution >= 0.6 is 0 Å². The monoisotopic (exact) mass is 569 g/mol. The van der Waals surface area contributed by atoms with Crippen molar-refractivity contribution < 1.29 is 29.0 Å². The first-order valence-electron chi connectivity index (χ1n) is 13.4. The molecule has 0 spiro atoms. The van der Waals surface area contributed by atoms with Crippen molar-refractivity contribution in [1.29, 1.82) is 0 Å². The molecule has 1 aliphatic heterocycles. The minimum Gasteiger partial charge on any atom is -0.467 e. The van der Waals surface area contributed by atoms with Gasteiger partial charge < -0.3 is 30.5 Å². The molecule has 3 aromatic rings. The summed E-state index contributed by atoms with van der Waals surface area (Å²) >= 11 is 0. The molecule has 1 aromatic carbocycles. The molecule has 4 N–H and O–H groups in total. The quantitative estimate of drug-likeness (QED) is 0.192. The average molecular weight is 570 g/mol. The first-order valence-corrected chi connectivity index (χ1v) is 13.4. The van der Waals surface area contributed by atoms with E-state index in [-0.39, 0.29) is 5.91 Å². The molecule has 220 valence electrons. The molecule has 0 unspecified atom stereocenters. The molecule has 0 aliphatic carbocycles. The van der Waals surface area contributed by atoms with Crippen molar-refractivity contribution in [2.75, 3.05) is 53.6 Å². The lowest BCUT2D eigenvalue weighted by Crippen LogP contribution is -2.46. The number of aliphatic hydroxyl groups excluding tert-OH is 1. The molecule has 1 saturated heterocycles. The molecule has 3 heterocycles. The normalized spacial score (nSPS) is 14.9. The number of carbonyl (C=O) groups is 3. The molecular weight excluding hydrogens is 534 g/mol. The topological polar surface area (TPSA) is 193 Å². The van der Waals surface area contributed by atoms with Gasteiger partial charge in [-0.25, -0.2) is 19.0 Å². The number of ether oxygens (including phenoxy) is 2. The van der Waals surface area contributed by atoms with Crippen molar-refractivity contribution in [1.82, 2.24) is 40.2 Å². The predicted molar refractivity (Wildman–Crippen MR) is 145 cm³/mol. The van der Waals surface area contributed by atoms with E-state index in [0.29, 0.717) is 73.6 Å². The molecule has 1 fully saturated rings. The van der Waals surface area contributed by atoms with Gasteiger partial charge in [0.1, 0.15) is 11.4 Å². The van der Waals surface area contributed by atoms with Gasteiger partial charge in [-0.05, 0) is 44.0 Å². The van der Waals surface area contributed by atoms with Gasteiger partial charge in [-0.15, -0.1) is 10.2 Å². The molecule has 1 aliphatic rings. The molecule has 0 radical (unpaired) electrons. The van der Waals surface area contributed by atoms with Crippen LogP contribution in [0.4, 0.5) is 0 Å². The summed E-state index contributed by atoms with van der Waals surface area (Å²) in [5.74, 6) is -1.27. The van der Waals surface area contributed by atoms with Crippen LogP contribution in [0.2, 0.25) is 0 Å². The van der Waals surface area contributed by atoms with Crippen molar-refractivity contribution >= 4 is 17.8 Å². The second-order valence-corrected chi connectivity index (χ2v) is 9.55. The molecule has 15 nitrogen and oxygen atoms in total. The first-order chi connectivity index (χ1) is 19.9. The summed E-state index contributed by atoms with van der Waals surface area (Å²) in [6.45, 7) is 2.48. The fourth-order valence-electron chi connectivity index (χ4n) is 4.60. The third-order valence-corrected chi connectivity index (χ3v) is 6.89. The van der Waals surface area contributed by atoms with E-state index in [2.05, 4.69) is 25.9 Å². The fraction of sp³-hybridized carbons (Fsp3) is 0.500. The van der Waals surface area contributed by atoms with E-state index in [1.165, 1.54) is 29.8 Å². The van der Waals surface area contributed by atoms with E-state index in [9.17, 15) is 19.5 Å². The van der Waals surface area contributed by atoms with Crippen molar-refractivity contribution in [3.05, 3.63) is 36.2 Å². The number of piperazine rings is 1. The molecule has 41 heavy (non-hydrogen) atoms. The molecule has 2 atom stereocenters. The molecule has 0 bridgehead atoms. The van der Waals surface area contributed by atoms with Crippen LogP contribution in [0.15, 0.2) is 30.6 Å². The maximum Gasteiger partial charge on any atom is 0.333 e. The van der Waals surface area contributed by atoms with Crippen LogP contribution in [0.5, 0.6) is 0 Å².